The van der Waals surface area contributed by atoms with Crippen molar-refractivity contribution in [1.29, 1.82) is 0 Å². The summed E-state index contributed by atoms with van der Waals surface area (Å²) in [6.07, 6.45) is 5.79. The fourth-order valence-electron chi connectivity index (χ4n) is 3.46. The van der Waals surface area contributed by atoms with Crippen LogP contribution in [0.15, 0.2) is 47.2 Å². The van der Waals surface area contributed by atoms with E-state index in [9.17, 15) is 14.4 Å². The Balaban J connectivity index is 1.43. The highest BCUT2D eigenvalue weighted by Gasteiger charge is 2.39. The number of urea groups is 1. The number of pyridine rings is 1. The Kier molecular flexibility index (Phi) is 6.21. The molecule has 4 amide bonds. The minimum atomic E-state index is -0.918. The van der Waals surface area contributed by atoms with Gasteiger partial charge in [-0.1, -0.05) is 6.07 Å². The molecule has 0 aliphatic carbocycles. The number of hydrogen-bond donors (Lipinski definition) is 2. The van der Waals surface area contributed by atoms with Crippen LogP contribution in [0.25, 0.3) is 5.65 Å². The van der Waals surface area contributed by atoms with Gasteiger partial charge in [-0.2, -0.15) is 11.8 Å². The Labute approximate surface area is 182 Å². The van der Waals surface area contributed by atoms with Crippen molar-refractivity contribution in [2.75, 3.05) is 12.0 Å². The molecule has 162 valence electrons. The zero-order chi connectivity index (χ0) is 21.8. The molecule has 11 heteroatoms. The number of thioether (sulfide) groups is 1. The molecule has 1 fully saturated rings. The molecule has 0 spiro atoms. The Morgan fingerprint density at radius 2 is 2.16 bits per heavy atom. The van der Waals surface area contributed by atoms with E-state index in [2.05, 4.69) is 20.8 Å². The molecule has 2 atom stereocenters. The Hall–Kier alpha value is -3.34. The van der Waals surface area contributed by atoms with Crippen LogP contribution in [0.1, 0.15) is 30.5 Å². The molecule has 2 N–H and O–H groups in total. The first kappa shape index (κ1) is 20.9. The highest BCUT2D eigenvalue weighted by atomic mass is 32.2. The van der Waals surface area contributed by atoms with Crippen LogP contribution in [0.5, 0.6) is 0 Å². The average molecular weight is 443 g/mol. The van der Waals surface area contributed by atoms with Gasteiger partial charge >= 0.3 is 6.03 Å². The molecule has 4 heterocycles. The van der Waals surface area contributed by atoms with E-state index in [0.717, 1.165) is 10.7 Å². The fourth-order valence-corrected chi connectivity index (χ4v) is 3.93. The van der Waals surface area contributed by atoms with Crippen molar-refractivity contribution >= 4 is 35.3 Å². The minimum absolute atomic E-state index is 0.0257. The molecular formula is C20H22N6O4S. The Morgan fingerprint density at radius 1 is 1.29 bits per heavy atom. The zero-order valence-electron chi connectivity index (χ0n) is 16.9. The maximum Gasteiger partial charge on any atom is 0.325 e. The highest BCUT2D eigenvalue weighted by Crippen LogP contribution is 2.20. The lowest BCUT2D eigenvalue weighted by atomic mass is 10.1. The van der Waals surface area contributed by atoms with E-state index in [4.69, 9.17) is 4.42 Å². The van der Waals surface area contributed by atoms with Gasteiger partial charge in [0.1, 0.15) is 11.8 Å². The molecule has 1 saturated heterocycles. The summed E-state index contributed by atoms with van der Waals surface area (Å²) in [5, 5.41) is 13.9. The highest BCUT2D eigenvalue weighted by molar-refractivity contribution is 7.98. The molecule has 3 aromatic heterocycles. The van der Waals surface area contributed by atoms with Crippen molar-refractivity contribution in [3.63, 3.8) is 0 Å². The third-order valence-corrected chi connectivity index (χ3v) is 5.63. The number of fused-ring (bicyclic) bond motifs is 1. The summed E-state index contributed by atoms with van der Waals surface area (Å²) in [5.74, 6) is 1.12. The number of carbonyl (C=O) groups excluding carboxylic acids is 3. The summed E-state index contributed by atoms with van der Waals surface area (Å²) < 4.78 is 7.04. The number of rotatable bonds is 9. The van der Waals surface area contributed by atoms with E-state index in [1.54, 1.807) is 23.9 Å². The van der Waals surface area contributed by atoms with Gasteiger partial charge in [-0.3, -0.25) is 18.9 Å². The standard InChI is InChI=1S/C20H22N6O4S/c1-31-10-7-14(18-24-23-16-6-2-3-8-25(16)18)21-17(27)11-15-19(28)26(20(29)22-15)12-13-5-4-9-30-13/h2-6,8-9,14-15H,7,10-12H2,1H3,(H,21,27)(H,22,29)/t14-,15-/m1/s1. The van der Waals surface area contributed by atoms with E-state index in [-0.39, 0.29) is 24.9 Å². The van der Waals surface area contributed by atoms with Gasteiger partial charge in [-0.05, 0) is 42.7 Å². The second-order valence-electron chi connectivity index (χ2n) is 7.10. The number of carbonyl (C=O) groups is 3. The van der Waals surface area contributed by atoms with E-state index >= 15 is 0 Å². The second-order valence-corrected chi connectivity index (χ2v) is 8.08. The van der Waals surface area contributed by atoms with Crippen molar-refractivity contribution in [3.8, 4) is 0 Å². The molecule has 0 aromatic carbocycles. The van der Waals surface area contributed by atoms with Crippen LogP contribution in [0.4, 0.5) is 4.79 Å². The lowest BCUT2D eigenvalue weighted by molar-refractivity contribution is -0.131. The van der Waals surface area contributed by atoms with Crippen molar-refractivity contribution in [1.82, 2.24) is 30.1 Å². The third kappa shape index (κ3) is 4.55. The van der Waals surface area contributed by atoms with Gasteiger partial charge in [0.05, 0.1) is 25.3 Å². The molecule has 0 saturated carbocycles. The largest absolute Gasteiger partial charge is 0.467 e. The molecule has 1 aliphatic rings. The molecule has 31 heavy (non-hydrogen) atoms. The smallest absolute Gasteiger partial charge is 0.325 e. The zero-order valence-corrected chi connectivity index (χ0v) is 17.7. The Morgan fingerprint density at radius 3 is 2.94 bits per heavy atom. The lowest BCUT2D eigenvalue weighted by Gasteiger charge is -2.18. The molecule has 0 unspecified atom stereocenters. The maximum absolute atomic E-state index is 12.8. The molecule has 4 rings (SSSR count). The number of imide groups is 1. The summed E-state index contributed by atoms with van der Waals surface area (Å²) in [7, 11) is 0. The molecule has 0 bridgehead atoms. The molecular weight excluding hydrogens is 420 g/mol. The van der Waals surface area contributed by atoms with Gasteiger partial charge in [0.2, 0.25) is 5.91 Å². The van der Waals surface area contributed by atoms with Crippen molar-refractivity contribution in [2.45, 2.75) is 31.5 Å². The number of aromatic nitrogens is 3. The van der Waals surface area contributed by atoms with Crippen LogP contribution in [0.3, 0.4) is 0 Å². The number of furan rings is 1. The SMILES string of the molecule is CSCC[C@@H](NC(=O)C[C@H]1NC(=O)N(Cc2ccco2)C1=O)c1nnc2ccccn12. The summed E-state index contributed by atoms with van der Waals surface area (Å²) in [6, 6.07) is 7.11. The monoisotopic (exact) mass is 442 g/mol. The van der Waals surface area contributed by atoms with Crippen LogP contribution in [-0.4, -0.2) is 55.4 Å². The van der Waals surface area contributed by atoms with Crippen molar-refractivity contribution < 1.29 is 18.8 Å². The third-order valence-electron chi connectivity index (χ3n) is 4.99. The first-order valence-corrected chi connectivity index (χ1v) is 11.2. The van der Waals surface area contributed by atoms with Crippen LogP contribution in [-0.2, 0) is 16.1 Å². The van der Waals surface area contributed by atoms with Gasteiger partial charge in [-0.15, -0.1) is 10.2 Å². The van der Waals surface area contributed by atoms with Gasteiger partial charge in [0, 0.05) is 6.20 Å². The average Bonchev–Trinajstić information content (AvgIpc) is 3.48. The number of nitrogens with zero attached hydrogens (tertiary/aromatic N) is 4. The summed E-state index contributed by atoms with van der Waals surface area (Å²) >= 11 is 1.66. The van der Waals surface area contributed by atoms with E-state index in [1.165, 1.54) is 6.26 Å². The quantitative estimate of drug-likeness (QED) is 0.484. The fraction of sp³-hybridized carbons (Fsp3) is 0.350. The lowest BCUT2D eigenvalue weighted by Crippen LogP contribution is -2.38. The van der Waals surface area contributed by atoms with E-state index in [0.29, 0.717) is 23.7 Å². The molecule has 0 radical (unpaired) electrons. The van der Waals surface area contributed by atoms with Gasteiger partial charge in [0.25, 0.3) is 5.91 Å². The van der Waals surface area contributed by atoms with Crippen LogP contribution < -0.4 is 10.6 Å². The van der Waals surface area contributed by atoms with E-state index in [1.807, 2.05) is 35.1 Å². The van der Waals surface area contributed by atoms with Crippen molar-refractivity contribution in [3.05, 3.63) is 54.4 Å². The first-order chi connectivity index (χ1) is 15.1. The van der Waals surface area contributed by atoms with E-state index < -0.39 is 18.0 Å². The van der Waals surface area contributed by atoms with Gasteiger partial charge < -0.3 is 15.1 Å². The molecule has 10 nitrogen and oxygen atoms in total. The summed E-state index contributed by atoms with van der Waals surface area (Å²) in [6.45, 7) is 0.0257. The summed E-state index contributed by atoms with van der Waals surface area (Å²) in [4.78, 5) is 38.6. The molecule has 3 aromatic rings. The Bertz CT molecular complexity index is 1080. The summed E-state index contributed by atoms with van der Waals surface area (Å²) in [5.41, 5.74) is 0.688. The van der Waals surface area contributed by atoms with Crippen LogP contribution in [0.2, 0.25) is 0 Å². The van der Waals surface area contributed by atoms with Crippen LogP contribution in [0, 0.1) is 0 Å². The normalized spacial score (nSPS) is 17.2. The number of nitrogens with one attached hydrogen (secondary N) is 2. The predicted octanol–water partition coefficient (Wildman–Crippen LogP) is 1.74. The number of hydrogen-bond acceptors (Lipinski definition) is 7. The first-order valence-electron chi connectivity index (χ1n) is 9.79. The van der Waals surface area contributed by atoms with Crippen molar-refractivity contribution in [2.24, 2.45) is 0 Å². The minimum Gasteiger partial charge on any atom is -0.467 e. The topological polar surface area (TPSA) is 122 Å². The van der Waals surface area contributed by atoms with Gasteiger partial charge in [-0.25, -0.2) is 4.79 Å². The maximum atomic E-state index is 12.8. The predicted molar refractivity (Wildman–Crippen MR) is 113 cm³/mol. The van der Waals surface area contributed by atoms with Gasteiger partial charge in [0.15, 0.2) is 11.5 Å². The van der Waals surface area contributed by atoms with Crippen LogP contribution >= 0.6 is 11.8 Å². The second kappa shape index (κ2) is 9.21. The molecule has 1 aliphatic heterocycles. The number of amides is 4.